The molecule has 0 spiro atoms. The van der Waals surface area contributed by atoms with Crippen LogP contribution >= 0.6 is 7.82 Å². The molecule has 0 aliphatic heterocycles. The molecule has 0 bridgehead atoms. The highest BCUT2D eigenvalue weighted by Crippen LogP contribution is 2.43. The summed E-state index contributed by atoms with van der Waals surface area (Å²) in [4.78, 5) is 59.4. The Bertz CT molecular complexity index is 1010. The Morgan fingerprint density at radius 3 is 1.13 bits per heavy atom. The molecule has 13 nitrogen and oxygen atoms in total. The summed E-state index contributed by atoms with van der Waals surface area (Å²) in [6.45, 7) is 3.68. The predicted octanol–water partition coefficient (Wildman–Crippen LogP) is 9.61. The van der Waals surface area contributed by atoms with Gasteiger partial charge >= 0.3 is 31.7 Å². The normalized spacial score (nSPS) is 13.5. The Morgan fingerprint density at radius 2 is 0.764 bits per heavy atom. The molecular weight excluding hydrogens is 731 g/mol. The molecule has 0 rings (SSSR count). The number of ether oxygens (including phenoxy) is 4. The van der Waals surface area contributed by atoms with Gasteiger partial charge in [0.15, 0.2) is 12.2 Å². The fraction of sp³-hybridized carbons (Fsp3) is 0.902. The summed E-state index contributed by atoms with van der Waals surface area (Å²) in [5.41, 5.74) is 0. The highest BCUT2D eigenvalue weighted by Gasteiger charge is 2.29. The summed E-state index contributed by atoms with van der Waals surface area (Å²) in [7, 11) is -4.80. The van der Waals surface area contributed by atoms with Crippen molar-refractivity contribution in [3.8, 4) is 0 Å². The molecule has 0 saturated heterocycles. The SMILES string of the molecule is CCCCCCCCCCCCCC(=O)OC[C@H](COP(=O)(O)OCC(COC(=O)CCO)OC(=O)CCC)OC(=O)CCCCCCCCCCCCC. The summed E-state index contributed by atoms with van der Waals surface area (Å²) < 4.78 is 44.0. The van der Waals surface area contributed by atoms with E-state index in [-0.39, 0.29) is 32.3 Å². The lowest BCUT2D eigenvalue weighted by Crippen LogP contribution is -2.31. The van der Waals surface area contributed by atoms with E-state index in [1.807, 2.05) is 0 Å². The molecule has 0 aliphatic rings. The zero-order valence-corrected chi connectivity index (χ0v) is 35.5. The average molecular weight is 809 g/mol. The predicted molar refractivity (Wildman–Crippen MR) is 212 cm³/mol. The van der Waals surface area contributed by atoms with Crippen molar-refractivity contribution in [2.75, 3.05) is 33.0 Å². The van der Waals surface area contributed by atoms with Gasteiger partial charge in [0, 0.05) is 19.3 Å². The number of unbranched alkanes of at least 4 members (excludes halogenated alkanes) is 20. The standard InChI is InChI=1S/C41H77O13P/c1-4-7-9-11-13-15-17-19-21-23-25-28-38(43)49-32-37(54-41(46)29-26-24-22-20-18-16-14-12-10-8-5-2)35-52-55(47,48)51-34-36(53-40(45)27-6-3)33-50-39(44)30-31-42/h36-37,42H,4-35H2,1-3H3,(H,47,48)/t36?,37-/m1/s1. The maximum Gasteiger partial charge on any atom is 0.472 e. The molecule has 0 amide bonds. The minimum absolute atomic E-state index is 0.0680. The van der Waals surface area contributed by atoms with E-state index in [1.54, 1.807) is 6.92 Å². The van der Waals surface area contributed by atoms with Gasteiger partial charge in [-0.15, -0.1) is 0 Å². The van der Waals surface area contributed by atoms with E-state index in [1.165, 1.54) is 89.9 Å². The molecule has 2 unspecified atom stereocenters. The molecule has 2 N–H and O–H groups in total. The third-order valence-electron chi connectivity index (χ3n) is 9.04. The van der Waals surface area contributed by atoms with Crippen molar-refractivity contribution >= 4 is 31.7 Å². The van der Waals surface area contributed by atoms with Crippen LogP contribution in [0.15, 0.2) is 0 Å². The smallest absolute Gasteiger partial charge is 0.462 e. The van der Waals surface area contributed by atoms with E-state index >= 15 is 0 Å². The highest BCUT2D eigenvalue weighted by molar-refractivity contribution is 7.47. The molecule has 0 fully saturated rings. The molecule has 324 valence electrons. The molecule has 0 aliphatic carbocycles. The molecule has 0 radical (unpaired) electrons. The first-order valence-corrected chi connectivity index (χ1v) is 23.0. The topological polar surface area (TPSA) is 181 Å². The number of hydrogen-bond acceptors (Lipinski definition) is 12. The van der Waals surface area contributed by atoms with Gasteiger partial charge < -0.3 is 28.9 Å². The van der Waals surface area contributed by atoms with Gasteiger partial charge in [-0.2, -0.15) is 0 Å². The third kappa shape index (κ3) is 36.1. The fourth-order valence-corrected chi connectivity index (χ4v) is 6.58. The summed E-state index contributed by atoms with van der Waals surface area (Å²) >= 11 is 0. The van der Waals surface area contributed by atoms with E-state index in [9.17, 15) is 28.6 Å². The Balaban J connectivity index is 4.94. The first-order valence-electron chi connectivity index (χ1n) is 21.5. The highest BCUT2D eigenvalue weighted by atomic mass is 31.2. The zero-order valence-electron chi connectivity index (χ0n) is 34.6. The number of phosphoric ester groups is 1. The minimum Gasteiger partial charge on any atom is -0.462 e. The Labute approximate surface area is 332 Å². The van der Waals surface area contributed by atoms with Crippen LogP contribution in [0.25, 0.3) is 0 Å². The number of carbonyl (C=O) groups is 4. The van der Waals surface area contributed by atoms with Crippen LogP contribution in [0.3, 0.4) is 0 Å². The van der Waals surface area contributed by atoms with Gasteiger partial charge in [-0.3, -0.25) is 28.2 Å². The second-order valence-corrected chi connectivity index (χ2v) is 15.9. The number of aliphatic hydroxyl groups is 1. The van der Waals surface area contributed by atoms with Gasteiger partial charge in [0.1, 0.15) is 13.2 Å². The van der Waals surface area contributed by atoms with Crippen molar-refractivity contribution in [2.24, 2.45) is 0 Å². The van der Waals surface area contributed by atoms with Crippen molar-refractivity contribution in [1.29, 1.82) is 0 Å². The number of phosphoric acid groups is 1. The van der Waals surface area contributed by atoms with Crippen LogP contribution in [0.2, 0.25) is 0 Å². The van der Waals surface area contributed by atoms with Crippen LogP contribution in [-0.4, -0.2) is 79.1 Å². The summed E-state index contributed by atoms with van der Waals surface area (Å²) in [6, 6.07) is 0. The number of esters is 4. The third-order valence-corrected chi connectivity index (χ3v) is 9.99. The summed E-state index contributed by atoms with van der Waals surface area (Å²) in [5.74, 6) is -2.37. The van der Waals surface area contributed by atoms with Crippen LogP contribution in [0.4, 0.5) is 0 Å². The average Bonchev–Trinajstić information content (AvgIpc) is 3.15. The largest absolute Gasteiger partial charge is 0.472 e. The lowest BCUT2D eigenvalue weighted by atomic mass is 10.1. The fourth-order valence-electron chi connectivity index (χ4n) is 5.79. The van der Waals surface area contributed by atoms with Crippen LogP contribution < -0.4 is 0 Å². The van der Waals surface area contributed by atoms with Gasteiger partial charge in [0.05, 0.1) is 26.2 Å². The van der Waals surface area contributed by atoms with Gasteiger partial charge in [-0.1, -0.05) is 149 Å². The Morgan fingerprint density at radius 1 is 0.436 bits per heavy atom. The van der Waals surface area contributed by atoms with Gasteiger partial charge in [-0.05, 0) is 19.3 Å². The van der Waals surface area contributed by atoms with E-state index in [0.29, 0.717) is 19.3 Å². The molecule has 0 aromatic heterocycles. The maximum absolute atomic E-state index is 12.8. The first-order chi connectivity index (χ1) is 26.6. The molecular formula is C41H77O13P. The van der Waals surface area contributed by atoms with E-state index in [2.05, 4.69) is 13.8 Å². The van der Waals surface area contributed by atoms with Crippen molar-refractivity contribution < 1.29 is 61.7 Å². The second kappa shape index (κ2) is 37.5. The van der Waals surface area contributed by atoms with E-state index < -0.39 is 70.3 Å². The van der Waals surface area contributed by atoms with E-state index in [4.69, 9.17) is 33.1 Å². The van der Waals surface area contributed by atoms with Gasteiger partial charge in [-0.25, -0.2) is 4.57 Å². The Kier molecular flexibility index (Phi) is 36.1. The molecule has 0 saturated carbocycles. The monoisotopic (exact) mass is 809 g/mol. The molecule has 0 aromatic rings. The molecule has 3 atom stereocenters. The number of carbonyl (C=O) groups excluding carboxylic acids is 4. The maximum atomic E-state index is 12.8. The molecule has 55 heavy (non-hydrogen) atoms. The molecule has 0 aromatic carbocycles. The number of aliphatic hydroxyl groups excluding tert-OH is 1. The van der Waals surface area contributed by atoms with Crippen molar-refractivity contribution in [3.05, 3.63) is 0 Å². The van der Waals surface area contributed by atoms with Crippen LogP contribution in [0.1, 0.15) is 194 Å². The summed E-state index contributed by atoms with van der Waals surface area (Å²) in [6.07, 6.45) is 23.3. The van der Waals surface area contributed by atoms with Crippen molar-refractivity contribution in [2.45, 2.75) is 206 Å². The molecule has 14 heteroatoms. The number of rotatable bonds is 40. The second-order valence-electron chi connectivity index (χ2n) is 14.4. The van der Waals surface area contributed by atoms with Crippen LogP contribution in [0.5, 0.6) is 0 Å². The molecule has 0 heterocycles. The van der Waals surface area contributed by atoms with Gasteiger partial charge in [0.25, 0.3) is 0 Å². The lowest BCUT2D eigenvalue weighted by molar-refractivity contribution is -0.162. The lowest BCUT2D eigenvalue weighted by Gasteiger charge is -2.22. The number of hydrogen-bond donors (Lipinski definition) is 2. The van der Waals surface area contributed by atoms with Crippen LogP contribution in [0, 0.1) is 0 Å². The summed E-state index contributed by atoms with van der Waals surface area (Å²) in [5, 5.41) is 8.92. The van der Waals surface area contributed by atoms with Crippen LogP contribution in [-0.2, 0) is 51.7 Å². The van der Waals surface area contributed by atoms with Crippen molar-refractivity contribution in [3.63, 3.8) is 0 Å². The zero-order chi connectivity index (χ0) is 40.8. The van der Waals surface area contributed by atoms with Crippen molar-refractivity contribution in [1.82, 2.24) is 0 Å². The quantitative estimate of drug-likeness (QED) is 0.0259. The minimum atomic E-state index is -4.80. The first kappa shape index (κ1) is 53.0. The van der Waals surface area contributed by atoms with E-state index in [0.717, 1.165) is 38.5 Å². The Hall–Kier alpha value is -2.05. The van der Waals surface area contributed by atoms with Gasteiger partial charge in [0.2, 0.25) is 0 Å².